The number of nitrogens with one attached hydrogen (secondary N) is 1. The molecule has 4 nitrogen and oxygen atoms in total. The first-order chi connectivity index (χ1) is 12.6. The maximum absolute atomic E-state index is 12.1. The lowest BCUT2D eigenvalue weighted by atomic mass is 10.1. The van der Waals surface area contributed by atoms with Crippen LogP contribution in [0.25, 0.3) is 17.0 Å². The van der Waals surface area contributed by atoms with Gasteiger partial charge < -0.3 is 10.1 Å². The van der Waals surface area contributed by atoms with Gasteiger partial charge in [-0.1, -0.05) is 36.4 Å². The first-order valence-corrected chi connectivity index (χ1v) is 7.95. The van der Waals surface area contributed by atoms with Crippen LogP contribution in [0.15, 0.2) is 66.9 Å². The van der Waals surface area contributed by atoms with E-state index in [2.05, 4.69) is 15.0 Å². The second kappa shape index (κ2) is 8.20. The molecule has 0 atom stereocenters. The summed E-state index contributed by atoms with van der Waals surface area (Å²) >= 11 is 0. The highest BCUT2D eigenvalue weighted by atomic mass is 19.3. The molecule has 0 bridgehead atoms. The van der Waals surface area contributed by atoms with E-state index in [9.17, 15) is 13.6 Å². The first-order valence-electron chi connectivity index (χ1n) is 7.95. The van der Waals surface area contributed by atoms with E-state index in [-0.39, 0.29) is 18.2 Å². The van der Waals surface area contributed by atoms with E-state index in [4.69, 9.17) is 0 Å². The van der Waals surface area contributed by atoms with Crippen LogP contribution in [-0.4, -0.2) is 17.5 Å². The molecule has 26 heavy (non-hydrogen) atoms. The van der Waals surface area contributed by atoms with Crippen molar-refractivity contribution in [3.8, 4) is 5.75 Å². The largest absolute Gasteiger partial charge is 0.435 e. The minimum Gasteiger partial charge on any atom is -0.435 e. The van der Waals surface area contributed by atoms with E-state index in [0.29, 0.717) is 0 Å². The Hall–Kier alpha value is -3.28. The van der Waals surface area contributed by atoms with E-state index >= 15 is 0 Å². The highest BCUT2D eigenvalue weighted by Crippen LogP contribution is 2.17. The maximum Gasteiger partial charge on any atom is 0.387 e. The first kappa shape index (κ1) is 17.5. The van der Waals surface area contributed by atoms with Gasteiger partial charge in [-0.25, -0.2) is 0 Å². The fourth-order valence-corrected chi connectivity index (χ4v) is 2.46. The van der Waals surface area contributed by atoms with Gasteiger partial charge in [0.1, 0.15) is 5.75 Å². The number of rotatable bonds is 6. The Bertz CT molecular complexity index is 919. The summed E-state index contributed by atoms with van der Waals surface area (Å²) in [6, 6.07) is 15.7. The summed E-state index contributed by atoms with van der Waals surface area (Å²) in [7, 11) is 0. The van der Waals surface area contributed by atoms with Crippen molar-refractivity contribution < 1.29 is 18.3 Å². The van der Waals surface area contributed by atoms with E-state index in [1.807, 2.05) is 30.3 Å². The van der Waals surface area contributed by atoms with Crippen molar-refractivity contribution in [2.45, 2.75) is 13.2 Å². The van der Waals surface area contributed by atoms with Gasteiger partial charge in [-0.3, -0.25) is 9.78 Å². The Morgan fingerprint density at radius 2 is 1.88 bits per heavy atom. The molecule has 0 saturated heterocycles. The Morgan fingerprint density at radius 3 is 2.65 bits per heavy atom. The molecule has 3 aromatic rings. The highest BCUT2D eigenvalue weighted by molar-refractivity contribution is 5.95. The van der Waals surface area contributed by atoms with Crippen LogP contribution in [0.5, 0.6) is 5.75 Å². The van der Waals surface area contributed by atoms with Gasteiger partial charge in [-0.15, -0.1) is 0 Å². The molecule has 3 rings (SSSR count). The summed E-state index contributed by atoms with van der Waals surface area (Å²) in [5.41, 5.74) is 2.46. The molecule has 0 aliphatic carbocycles. The highest BCUT2D eigenvalue weighted by Gasteiger charge is 2.04. The molecule has 1 amide bonds. The molecule has 0 saturated carbocycles. The van der Waals surface area contributed by atoms with Crippen molar-refractivity contribution in [3.05, 3.63) is 78.0 Å². The maximum atomic E-state index is 12.1. The number of pyridine rings is 1. The normalized spacial score (nSPS) is 11.2. The summed E-state index contributed by atoms with van der Waals surface area (Å²) < 4.78 is 28.5. The zero-order chi connectivity index (χ0) is 18.4. The fraction of sp³-hybridized carbons (Fsp3) is 0.100. The predicted molar refractivity (Wildman–Crippen MR) is 95.7 cm³/mol. The van der Waals surface area contributed by atoms with Gasteiger partial charge in [0.05, 0.1) is 5.52 Å². The van der Waals surface area contributed by atoms with Gasteiger partial charge >= 0.3 is 6.61 Å². The number of halogens is 2. The van der Waals surface area contributed by atoms with Crippen LogP contribution in [0.4, 0.5) is 8.78 Å². The van der Waals surface area contributed by atoms with E-state index < -0.39 is 6.61 Å². The summed E-state index contributed by atoms with van der Waals surface area (Å²) in [5.74, 6) is -0.177. The van der Waals surface area contributed by atoms with Crippen molar-refractivity contribution in [2.24, 2.45) is 0 Å². The molecule has 0 radical (unpaired) electrons. The Kier molecular flexibility index (Phi) is 5.53. The van der Waals surface area contributed by atoms with E-state index in [1.54, 1.807) is 24.4 Å². The van der Waals surface area contributed by atoms with Gasteiger partial charge in [-0.2, -0.15) is 8.78 Å². The van der Waals surface area contributed by atoms with Gasteiger partial charge in [0, 0.05) is 29.8 Å². The summed E-state index contributed by atoms with van der Waals surface area (Å²) in [6.07, 6.45) is 4.86. The van der Waals surface area contributed by atoms with Crippen LogP contribution in [0.3, 0.4) is 0 Å². The smallest absolute Gasteiger partial charge is 0.387 e. The standard InChI is InChI=1S/C20H16F2N2O2/c21-20(22)26-17-9-6-14(7-10-17)13-24-18(25)11-8-16-4-1-3-15-5-2-12-23-19(15)16/h1-12,20H,13H2,(H,24,25)/b11-8+. The van der Waals surface area contributed by atoms with Gasteiger partial charge in [0.15, 0.2) is 0 Å². The number of ether oxygens (including phenoxy) is 1. The van der Waals surface area contributed by atoms with E-state index in [0.717, 1.165) is 22.0 Å². The third-order valence-electron chi connectivity index (χ3n) is 3.69. The molecule has 1 N–H and O–H groups in total. The molecule has 0 fully saturated rings. The molecular formula is C20H16F2N2O2. The Balaban J connectivity index is 1.59. The summed E-state index contributed by atoms with van der Waals surface area (Å²) in [6.45, 7) is -2.57. The van der Waals surface area contributed by atoms with Crippen LogP contribution in [0, 0.1) is 0 Å². The van der Waals surface area contributed by atoms with Gasteiger partial charge in [0.25, 0.3) is 0 Å². The van der Waals surface area contributed by atoms with Crippen LogP contribution >= 0.6 is 0 Å². The third kappa shape index (κ3) is 4.63. The zero-order valence-corrected chi connectivity index (χ0v) is 13.7. The minimum absolute atomic E-state index is 0.0819. The minimum atomic E-state index is -2.85. The molecule has 0 unspecified atom stereocenters. The molecule has 0 spiro atoms. The Morgan fingerprint density at radius 1 is 1.12 bits per heavy atom. The van der Waals surface area contributed by atoms with Crippen molar-refractivity contribution >= 4 is 22.9 Å². The number of aromatic nitrogens is 1. The Labute approximate surface area is 149 Å². The number of carbonyl (C=O) groups is 1. The lowest BCUT2D eigenvalue weighted by Crippen LogP contribution is -2.20. The lowest BCUT2D eigenvalue weighted by Gasteiger charge is -2.06. The lowest BCUT2D eigenvalue weighted by molar-refractivity contribution is -0.116. The predicted octanol–water partition coefficient (Wildman–Crippen LogP) is 4.17. The summed E-state index contributed by atoms with van der Waals surface area (Å²) in [4.78, 5) is 16.3. The number of carbonyl (C=O) groups excluding carboxylic acids is 1. The molecule has 6 heteroatoms. The van der Waals surface area contributed by atoms with Crippen molar-refractivity contribution in [1.29, 1.82) is 0 Å². The van der Waals surface area contributed by atoms with Crippen molar-refractivity contribution in [1.82, 2.24) is 10.3 Å². The summed E-state index contributed by atoms with van der Waals surface area (Å²) in [5, 5.41) is 3.74. The molecule has 1 heterocycles. The number of para-hydroxylation sites is 1. The topological polar surface area (TPSA) is 51.2 Å². The van der Waals surface area contributed by atoms with Gasteiger partial charge in [0.2, 0.25) is 5.91 Å². The molecule has 0 aliphatic rings. The van der Waals surface area contributed by atoms with Crippen molar-refractivity contribution in [3.63, 3.8) is 0 Å². The van der Waals surface area contributed by atoms with E-state index in [1.165, 1.54) is 18.2 Å². The second-order valence-corrected chi connectivity index (χ2v) is 5.50. The zero-order valence-electron chi connectivity index (χ0n) is 13.7. The van der Waals surface area contributed by atoms with Crippen molar-refractivity contribution in [2.75, 3.05) is 0 Å². The number of amides is 1. The number of hydrogen-bond acceptors (Lipinski definition) is 3. The average Bonchev–Trinajstić information content (AvgIpc) is 2.65. The number of benzene rings is 2. The molecule has 1 aromatic heterocycles. The van der Waals surface area contributed by atoms with Crippen LogP contribution < -0.4 is 10.1 Å². The number of alkyl halides is 2. The van der Waals surface area contributed by atoms with Gasteiger partial charge in [-0.05, 0) is 29.8 Å². The SMILES string of the molecule is O=C(/C=C/c1cccc2cccnc12)NCc1ccc(OC(F)F)cc1. The van der Waals surface area contributed by atoms with Crippen LogP contribution in [0.2, 0.25) is 0 Å². The molecule has 132 valence electrons. The fourth-order valence-electron chi connectivity index (χ4n) is 2.46. The molecule has 2 aromatic carbocycles. The third-order valence-corrected chi connectivity index (χ3v) is 3.69. The monoisotopic (exact) mass is 354 g/mol. The van der Waals surface area contributed by atoms with Crippen LogP contribution in [-0.2, 0) is 11.3 Å². The molecular weight excluding hydrogens is 338 g/mol. The average molecular weight is 354 g/mol. The number of fused-ring (bicyclic) bond motifs is 1. The number of nitrogens with zero attached hydrogens (tertiary/aromatic N) is 1. The molecule has 0 aliphatic heterocycles. The van der Waals surface area contributed by atoms with Crippen LogP contribution in [0.1, 0.15) is 11.1 Å². The number of hydrogen-bond donors (Lipinski definition) is 1. The quantitative estimate of drug-likeness (QED) is 0.676. The second-order valence-electron chi connectivity index (χ2n) is 5.50.